The first-order chi connectivity index (χ1) is 11.7. The first-order valence-electron chi connectivity index (χ1n) is 7.25. The molecule has 1 aromatic carbocycles. The number of carbonyl (C=O) groups is 1. The van der Waals surface area contributed by atoms with E-state index in [2.05, 4.69) is 20.8 Å². The number of aromatic nitrogens is 2. The molecule has 7 heteroatoms. The van der Waals surface area contributed by atoms with E-state index in [4.69, 9.17) is 9.15 Å². The monoisotopic (exact) mass is 324 g/mol. The molecule has 0 unspecified atom stereocenters. The van der Waals surface area contributed by atoms with Crippen LogP contribution in [0.1, 0.15) is 6.92 Å². The van der Waals surface area contributed by atoms with Crippen LogP contribution in [0.25, 0.3) is 22.8 Å². The molecule has 0 aliphatic rings. The molecule has 0 bridgehead atoms. The van der Waals surface area contributed by atoms with Gasteiger partial charge in [0.1, 0.15) is 11.6 Å². The van der Waals surface area contributed by atoms with Crippen LogP contribution < -0.4 is 15.6 Å². The van der Waals surface area contributed by atoms with E-state index in [1.54, 1.807) is 31.6 Å². The third kappa shape index (κ3) is 3.52. The smallest absolute Gasteiger partial charge is 0.235 e. The van der Waals surface area contributed by atoms with E-state index in [0.29, 0.717) is 17.5 Å². The van der Waals surface area contributed by atoms with Crippen molar-refractivity contribution in [2.45, 2.75) is 6.92 Å². The molecule has 0 aliphatic carbocycles. The van der Waals surface area contributed by atoms with E-state index >= 15 is 0 Å². The highest BCUT2D eigenvalue weighted by atomic mass is 16.5. The van der Waals surface area contributed by atoms with E-state index in [1.165, 1.54) is 6.92 Å². The van der Waals surface area contributed by atoms with Gasteiger partial charge in [-0.15, -0.1) is 0 Å². The summed E-state index contributed by atoms with van der Waals surface area (Å²) in [5, 5.41) is 0. The van der Waals surface area contributed by atoms with Crippen LogP contribution in [0.2, 0.25) is 0 Å². The average Bonchev–Trinajstić information content (AvgIpc) is 3.10. The van der Waals surface area contributed by atoms with Crippen LogP contribution >= 0.6 is 0 Å². The van der Waals surface area contributed by atoms with Crippen LogP contribution in [0, 0.1) is 0 Å². The van der Waals surface area contributed by atoms with Gasteiger partial charge in [0.2, 0.25) is 11.8 Å². The van der Waals surface area contributed by atoms with Gasteiger partial charge in [-0.25, -0.2) is 9.97 Å². The van der Waals surface area contributed by atoms with E-state index in [1.807, 2.05) is 24.3 Å². The second kappa shape index (κ2) is 6.82. The molecule has 0 spiro atoms. The summed E-state index contributed by atoms with van der Waals surface area (Å²) in [6, 6.07) is 11.0. The van der Waals surface area contributed by atoms with Gasteiger partial charge >= 0.3 is 0 Å². The maximum atomic E-state index is 10.9. The zero-order chi connectivity index (χ0) is 16.9. The molecule has 0 aliphatic heterocycles. The second-order valence-corrected chi connectivity index (χ2v) is 4.99. The number of amides is 1. The minimum absolute atomic E-state index is 0.208. The van der Waals surface area contributed by atoms with Crippen LogP contribution in [0.3, 0.4) is 0 Å². The van der Waals surface area contributed by atoms with Gasteiger partial charge in [0.15, 0.2) is 5.76 Å². The number of pyridine rings is 1. The maximum Gasteiger partial charge on any atom is 0.235 e. The highest BCUT2D eigenvalue weighted by Crippen LogP contribution is 2.27. The van der Waals surface area contributed by atoms with E-state index in [0.717, 1.165) is 16.9 Å². The number of hydrazine groups is 1. The molecular weight excluding hydrogens is 308 g/mol. The summed E-state index contributed by atoms with van der Waals surface area (Å²) < 4.78 is 11.0. The molecule has 1 amide bonds. The van der Waals surface area contributed by atoms with Gasteiger partial charge in [-0.2, -0.15) is 0 Å². The molecule has 3 rings (SSSR count). The minimum Gasteiger partial charge on any atom is -0.497 e. The quantitative estimate of drug-likeness (QED) is 0.702. The lowest BCUT2D eigenvalue weighted by Crippen LogP contribution is -2.26. The van der Waals surface area contributed by atoms with Crippen molar-refractivity contribution in [1.82, 2.24) is 15.4 Å². The van der Waals surface area contributed by atoms with Crippen LogP contribution in [-0.2, 0) is 4.79 Å². The molecule has 24 heavy (non-hydrogen) atoms. The number of benzene rings is 1. The fraction of sp³-hybridized carbons (Fsp3) is 0.118. The number of hydrogen-bond donors (Lipinski definition) is 2. The Morgan fingerprint density at radius 3 is 2.62 bits per heavy atom. The van der Waals surface area contributed by atoms with Gasteiger partial charge in [-0.1, -0.05) is 0 Å². The summed E-state index contributed by atoms with van der Waals surface area (Å²) in [5.41, 5.74) is 6.83. The topological polar surface area (TPSA) is 89.3 Å². The van der Waals surface area contributed by atoms with Crippen LogP contribution in [0.5, 0.6) is 5.75 Å². The fourth-order valence-electron chi connectivity index (χ4n) is 2.08. The Kier molecular flexibility index (Phi) is 4.42. The lowest BCUT2D eigenvalue weighted by Gasteiger charge is -2.05. The third-order valence-electron chi connectivity index (χ3n) is 3.25. The number of carbonyl (C=O) groups excluding carboxylic acids is 1. The Morgan fingerprint density at radius 2 is 1.92 bits per heavy atom. The SMILES string of the molecule is COc1ccc(-c2cnc(-c3ccnc(NNC(C)=O)c3)o2)cc1. The fourth-order valence-corrected chi connectivity index (χ4v) is 2.08. The number of rotatable bonds is 5. The molecule has 2 N–H and O–H groups in total. The normalized spacial score (nSPS) is 10.2. The highest BCUT2D eigenvalue weighted by molar-refractivity contribution is 5.74. The van der Waals surface area contributed by atoms with Crippen molar-refractivity contribution in [2.24, 2.45) is 0 Å². The molecule has 122 valence electrons. The summed E-state index contributed by atoms with van der Waals surface area (Å²) in [4.78, 5) is 19.3. The number of methoxy groups -OCH3 is 1. The van der Waals surface area contributed by atoms with E-state index in [9.17, 15) is 4.79 Å². The van der Waals surface area contributed by atoms with E-state index in [-0.39, 0.29) is 5.91 Å². The van der Waals surface area contributed by atoms with Crippen molar-refractivity contribution >= 4 is 11.7 Å². The van der Waals surface area contributed by atoms with Gasteiger partial charge in [0, 0.05) is 24.2 Å². The molecule has 0 saturated heterocycles. The number of nitrogens with one attached hydrogen (secondary N) is 2. The standard InChI is InChI=1S/C17H16N4O3/c1-11(22)20-21-16-9-13(7-8-18-16)17-19-10-15(24-17)12-3-5-14(23-2)6-4-12/h3-10H,1-2H3,(H,18,21)(H,20,22). The zero-order valence-electron chi connectivity index (χ0n) is 13.2. The van der Waals surface area contributed by atoms with Crippen molar-refractivity contribution < 1.29 is 13.9 Å². The van der Waals surface area contributed by atoms with Crippen LogP contribution in [0.4, 0.5) is 5.82 Å². The molecule has 0 saturated carbocycles. The summed E-state index contributed by atoms with van der Waals surface area (Å²) in [6.07, 6.45) is 3.27. The summed E-state index contributed by atoms with van der Waals surface area (Å²) in [6.45, 7) is 1.41. The molecule has 0 atom stereocenters. The maximum absolute atomic E-state index is 10.9. The van der Waals surface area contributed by atoms with Gasteiger partial charge < -0.3 is 9.15 Å². The second-order valence-electron chi connectivity index (χ2n) is 4.99. The minimum atomic E-state index is -0.208. The van der Waals surface area contributed by atoms with Gasteiger partial charge in [0.05, 0.1) is 13.3 Å². The molecule has 3 aromatic rings. The Hall–Kier alpha value is -3.35. The average molecular weight is 324 g/mol. The molecule has 0 fully saturated rings. The van der Waals surface area contributed by atoms with Crippen molar-refractivity contribution in [2.75, 3.05) is 12.5 Å². The Morgan fingerprint density at radius 1 is 1.12 bits per heavy atom. The van der Waals surface area contributed by atoms with Gasteiger partial charge in [-0.05, 0) is 36.4 Å². The Bertz CT molecular complexity index is 843. The highest BCUT2D eigenvalue weighted by Gasteiger charge is 2.10. The van der Waals surface area contributed by atoms with Crippen molar-refractivity contribution in [3.63, 3.8) is 0 Å². The van der Waals surface area contributed by atoms with Crippen molar-refractivity contribution in [3.05, 3.63) is 48.8 Å². The molecule has 2 aromatic heterocycles. The van der Waals surface area contributed by atoms with Crippen LogP contribution in [0.15, 0.2) is 53.2 Å². The Labute approximate surface area is 138 Å². The molecular formula is C17H16N4O3. The number of anilines is 1. The predicted molar refractivity (Wildman–Crippen MR) is 89.2 cm³/mol. The van der Waals surface area contributed by atoms with Gasteiger partial charge in [-0.3, -0.25) is 15.6 Å². The molecule has 2 heterocycles. The lowest BCUT2D eigenvalue weighted by molar-refractivity contribution is -0.118. The largest absolute Gasteiger partial charge is 0.497 e. The molecule has 7 nitrogen and oxygen atoms in total. The van der Waals surface area contributed by atoms with Crippen molar-refractivity contribution in [3.8, 4) is 28.5 Å². The third-order valence-corrected chi connectivity index (χ3v) is 3.25. The van der Waals surface area contributed by atoms with Crippen molar-refractivity contribution in [1.29, 1.82) is 0 Å². The van der Waals surface area contributed by atoms with Crippen LogP contribution in [-0.4, -0.2) is 23.0 Å². The Balaban J connectivity index is 1.82. The number of hydrogen-bond acceptors (Lipinski definition) is 6. The van der Waals surface area contributed by atoms with Gasteiger partial charge in [0.25, 0.3) is 0 Å². The predicted octanol–water partition coefficient (Wildman–Crippen LogP) is 2.88. The first-order valence-corrected chi connectivity index (χ1v) is 7.25. The molecule has 0 radical (unpaired) electrons. The summed E-state index contributed by atoms with van der Waals surface area (Å²) >= 11 is 0. The summed E-state index contributed by atoms with van der Waals surface area (Å²) in [7, 11) is 1.62. The number of ether oxygens (including phenoxy) is 1. The zero-order valence-corrected chi connectivity index (χ0v) is 13.2. The van der Waals surface area contributed by atoms with E-state index < -0.39 is 0 Å². The lowest BCUT2D eigenvalue weighted by atomic mass is 10.2. The number of nitrogens with zero attached hydrogens (tertiary/aromatic N) is 2. The number of oxazole rings is 1. The first kappa shape index (κ1) is 15.5. The summed E-state index contributed by atoms with van der Waals surface area (Å²) in [5.74, 6) is 2.18.